The van der Waals surface area contributed by atoms with E-state index in [0.717, 1.165) is 22.3 Å². The van der Waals surface area contributed by atoms with Crippen LogP contribution in [0.5, 0.6) is 0 Å². The van der Waals surface area contributed by atoms with Gasteiger partial charge in [0.2, 0.25) is 11.8 Å². The predicted octanol–water partition coefficient (Wildman–Crippen LogP) is 5.34. The fourth-order valence-corrected chi connectivity index (χ4v) is 3.59. The second-order valence-electron chi connectivity index (χ2n) is 8.18. The second kappa shape index (κ2) is 10.8. The molecule has 0 radical (unpaired) electrons. The molecule has 0 aliphatic heterocycles. The normalized spacial score (nSPS) is 12.0. The number of nitrogens with one attached hydrogen (secondary N) is 1. The van der Waals surface area contributed by atoms with Crippen LogP contribution in [0.3, 0.4) is 0 Å². The van der Waals surface area contributed by atoms with E-state index in [2.05, 4.69) is 5.32 Å². The Balaban J connectivity index is 2.30. The van der Waals surface area contributed by atoms with Crippen molar-refractivity contribution in [2.24, 2.45) is 5.92 Å². The molecule has 0 fully saturated rings. The molecule has 6 heteroatoms. The SMILES string of the molecule is Cc1ccc(C)c(CC(=O)N(Cc2ccc(Cl)cc2Cl)C(C)C(=O)NCC(C)C)c1. The highest BCUT2D eigenvalue weighted by Crippen LogP contribution is 2.24. The summed E-state index contributed by atoms with van der Waals surface area (Å²) in [6, 6.07) is 10.6. The van der Waals surface area contributed by atoms with Crippen molar-refractivity contribution in [3.63, 3.8) is 0 Å². The van der Waals surface area contributed by atoms with Crippen molar-refractivity contribution >= 4 is 35.0 Å². The Morgan fingerprint density at radius 1 is 1.00 bits per heavy atom. The van der Waals surface area contributed by atoms with Crippen LogP contribution in [0.1, 0.15) is 43.0 Å². The van der Waals surface area contributed by atoms with Crippen molar-refractivity contribution in [3.05, 3.63) is 68.7 Å². The number of nitrogens with zero attached hydrogens (tertiary/aromatic N) is 1. The third kappa shape index (κ3) is 6.75. The quantitative estimate of drug-likeness (QED) is 0.591. The van der Waals surface area contributed by atoms with Crippen LogP contribution >= 0.6 is 23.2 Å². The van der Waals surface area contributed by atoms with Crippen LogP contribution in [-0.2, 0) is 22.6 Å². The first kappa shape index (κ1) is 24.2. The zero-order valence-electron chi connectivity index (χ0n) is 18.3. The van der Waals surface area contributed by atoms with Gasteiger partial charge in [0, 0.05) is 23.1 Å². The van der Waals surface area contributed by atoms with Gasteiger partial charge in [-0.1, -0.05) is 66.9 Å². The molecular weight excluding hydrogens is 419 g/mol. The minimum atomic E-state index is -0.631. The van der Waals surface area contributed by atoms with Gasteiger partial charge in [-0.15, -0.1) is 0 Å². The fourth-order valence-electron chi connectivity index (χ4n) is 3.12. The molecule has 0 saturated heterocycles. The molecule has 0 aliphatic rings. The number of rotatable bonds is 8. The van der Waals surface area contributed by atoms with Crippen LogP contribution < -0.4 is 5.32 Å². The maximum absolute atomic E-state index is 13.3. The number of amides is 2. The summed E-state index contributed by atoms with van der Waals surface area (Å²) < 4.78 is 0. The Morgan fingerprint density at radius 3 is 2.33 bits per heavy atom. The minimum absolute atomic E-state index is 0.123. The van der Waals surface area contributed by atoms with Crippen molar-refractivity contribution in [1.29, 1.82) is 0 Å². The number of benzene rings is 2. The third-order valence-electron chi connectivity index (χ3n) is 5.05. The van der Waals surface area contributed by atoms with Crippen LogP contribution in [0.4, 0.5) is 0 Å². The summed E-state index contributed by atoms with van der Waals surface area (Å²) in [4.78, 5) is 27.6. The third-order valence-corrected chi connectivity index (χ3v) is 5.64. The lowest BCUT2D eigenvalue weighted by Gasteiger charge is -2.29. The highest BCUT2D eigenvalue weighted by molar-refractivity contribution is 6.35. The van der Waals surface area contributed by atoms with Crippen molar-refractivity contribution in [2.75, 3.05) is 6.54 Å². The lowest BCUT2D eigenvalue weighted by Crippen LogP contribution is -2.48. The van der Waals surface area contributed by atoms with E-state index in [1.165, 1.54) is 0 Å². The molecule has 4 nitrogen and oxygen atoms in total. The van der Waals surface area contributed by atoms with Crippen LogP contribution in [-0.4, -0.2) is 29.3 Å². The molecule has 2 rings (SSSR count). The Morgan fingerprint density at radius 2 is 1.70 bits per heavy atom. The van der Waals surface area contributed by atoms with Crippen molar-refractivity contribution in [3.8, 4) is 0 Å². The molecule has 30 heavy (non-hydrogen) atoms. The number of hydrogen-bond donors (Lipinski definition) is 1. The molecule has 1 N–H and O–H groups in total. The van der Waals surface area contributed by atoms with Gasteiger partial charge in [-0.3, -0.25) is 9.59 Å². The average Bonchev–Trinajstić information content (AvgIpc) is 2.67. The first-order chi connectivity index (χ1) is 14.1. The molecule has 2 aromatic rings. The van der Waals surface area contributed by atoms with Crippen LogP contribution in [0, 0.1) is 19.8 Å². The number of carbonyl (C=O) groups is 2. The second-order valence-corrected chi connectivity index (χ2v) is 9.02. The molecule has 0 saturated carbocycles. The first-order valence-electron chi connectivity index (χ1n) is 10.2. The van der Waals surface area contributed by atoms with Gasteiger partial charge in [-0.25, -0.2) is 0 Å². The van der Waals surface area contributed by atoms with Gasteiger partial charge in [0.25, 0.3) is 0 Å². The van der Waals surface area contributed by atoms with E-state index in [9.17, 15) is 9.59 Å². The Kier molecular flexibility index (Phi) is 8.75. The smallest absolute Gasteiger partial charge is 0.242 e. The summed E-state index contributed by atoms with van der Waals surface area (Å²) in [5.74, 6) is 0.0240. The number of halogens is 2. The highest BCUT2D eigenvalue weighted by Gasteiger charge is 2.27. The summed E-state index contributed by atoms with van der Waals surface area (Å²) in [7, 11) is 0. The average molecular weight is 449 g/mol. The zero-order chi connectivity index (χ0) is 22.4. The fraction of sp³-hybridized carbons (Fsp3) is 0.417. The van der Waals surface area contributed by atoms with Gasteiger partial charge in [0.15, 0.2) is 0 Å². The van der Waals surface area contributed by atoms with E-state index in [0.29, 0.717) is 22.5 Å². The summed E-state index contributed by atoms with van der Waals surface area (Å²) in [6.45, 7) is 10.6. The predicted molar refractivity (Wildman–Crippen MR) is 124 cm³/mol. The summed E-state index contributed by atoms with van der Waals surface area (Å²) in [5.41, 5.74) is 3.86. The monoisotopic (exact) mass is 448 g/mol. The largest absolute Gasteiger partial charge is 0.354 e. The zero-order valence-corrected chi connectivity index (χ0v) is 19.8. The molecule has 0 bridgehead atoms. The minimum Gasteiger partial charge on any atom is -0.354 e. The summed E-state index contributed by atoms with van der Waals surface area (Å²) >= 11 is 12.4. The highest BCUT2D eigenvalue weighted by atomic mass is 35.5. The van der Waals surface area contributed by atoms with Gasteiger partial charge < -0.3 is 10.2 Å². The van der Waals surface area contributed by atoms with Crippen molar-refractivity contribution in [1.82, 2.24) is 10.2 Å². The van der Waals surface area contributed by atoms with E-state index in [1.54, 1.807) is 30.0 Å². The van der Waals surface area contributed by atoms with Gasteiger partial charge >= 0.3 is 0 Å². The number of hydrogen-bond acceptors (Lipinski definition) is 2. The molecule has 2 amide bonds. The molecular formula is C24H30Cl2N2O2. The number of aryl methyl sites for hydroxylation is 2. The molecule has 0 aliphatic carbocycles. The van der Waals surface area contributed by atoms with E-state index in [1.807, 2.05) is 45.9 Å². The molecule has 1 unspecified atom stereocenters. The van der Waals surface area contributed by atoms with E-state index in [-0.39, 0.29) is 24.8 Å². The standard InChI is InChI=1S/C24H30Cl2N2O2/c1-15(2)13-27-24(30)18(5)28(14-19-8-9-21(25)12-22(19)26)23(29)11-20-10-16(3)6-7-17(20)4/h6-10,12,15,18H,11,13-14H2,1-5H3,(H,27,30). The van der Waals surface area contributed by atoms with Gasteiger partial charge in [-0.2, -0.15) is 0 Å². The van der Waals surface area contributed by atoms with Gasteiger partial charge in [0.1, 0.15) is 6.04 Å². The van der Waals surface area contributed by atoms with Crippen LogP contribution in [0.25, 0.3) is 0 Å². The molecule has 1 atom stereocenters. The molecule has 0 spiro atoms. The molecule has 162 valence electrons. The summed E-state index contributed by atoms with van der Waals surface area (Å²) in [6.07, 6.45) is 0.223. The topological polar surface area (TPSA) is 49.4 Å². The Bertz CT molecular complexity index is 912. The van der Waals surface area contributed by atoms with Crippen molar-refractivity contribution < 1.29 is 9.59 Å². The van der Waals surface area contributed by atoms with Crippen molar-refractivity contribution in [2.45, 2.75) is 53.6 Å². The molecule has 2 aromatic carbocycles. The van der Waals surface area contributed by atoms with E-state index >= 15 is 0 Å². The van der Waals surface area contributed by atoms with Gasteiger partial charge in [0.05, 0.1) is 6.42 Å². The molecule has 0 aromatic heterocycles. The maximum atomic E-state index is 13.3. The van der Waals surface area contributed by atoms with Crippen LogP contribution in [0.2, 0.25) is 10.0 Å². The lowest BCUT2D eigenvalue weighted by atomic mass is 10.0. The first-order valence-corrected chi connectivity index (χ1v) is 10.9. The summed E-state index contributed by atoms with van der Waals surface area (Å²) in [5, 5.41) is 3.93. The van der Waals surface area contributed by atoms with Gasteiger partial charge in [-0.05, 0) is 55.5 Å². The Hall–Kier alpha value is -2.04. The van der Waals surface area contributed by atoms with Crippen LogP contribution in [0.15, 0.2) is 36.4 Å². The number of carbonyl (C=O) groups excluding carboxylic acids is 2. The van der Waals surface area contributed by atoms with E-state index < -0.39 is 6.04 Å². The lowest BCUT2D eigenvalue weighted by molar-refractivity contribution is -0.140. The Labute approximate surface area is 189 Å². The van der Waals surface area contributed by atoms with E-state index in [4.69, 9.17) is 23.2 Å². The molecule has 0 heterocycles. The maximum Gasteiger partial charge on any atom is 0.242 e.